The maximum Gasteiger partial charge on any atom is 0.569 e. The average molecular weight is 756 g/mol. The molecular weight excluding hydrogens is 703 g/mol. The smallest absolute Gasteiger partial charge is 0.537 e. The van der Waals surface area contributed by atoms with Gasteiger partial charge in [0.1, 0.15) is 23.5 Å². The summed E-state index contributed by atoms with van der Waals surface area (Å²) in [5.74, 6) is 1.88. The van der Waals surface area contributed by atoms with Crippen molar-refractivity contribution in [3.63, 3.8) is 0 Å². The van der Waals surface area contributed by atoms with Crippen LogP contribution < -0.4 is 15.8 Å². The zero-order valence-corrected chi connectivity index (χ0v) is 33.0. The summed E-state index contributed by atoms with van der Waals surface area (Å²) in [6.45, 7) is 13.8. The van der Waals surface area contributed by atoms with E-state index in [1.54, 1.807) is 57.9 Å². The van der Waals surface area contributed by atoms with Gasteiger partial charge >= 0.3 is 7.69 Å². The fraction of sp³-hybridized carbons (Fsp3) is 0.476. The molecular formula is C42H53BClN4O6. The first-order valence-electron chi connectivity index (χ1n) is 18.7. The fourth-order valence-corrected chi connectivity index (χ4v) is 7.51. The lowest BCUT2D eigenvalue weighted by Crippen LogP contribution is -2.32. The Labute approximate surface area is 324 Å². The zero-order chi connectivity index (χ0) is 39.5. The van der Waals surface area contributed by atoms with Crippen LogP contribution in [0, 0.1) is 22.7 Å². The number of nitrogens with zero attached hydrogens (tertiary/aromatic N) is 4. The summed E-state index contributed by atoms with van der Waals surface area (Å²) in [5, 5.41) is 17.4. The van der Waals surface area contributed by atoms with Crippen LogP contribution in [-0.2, 0) is 0 Å². The van der Waals surface area contributed by atoms with Gasteiger partial charge in [0.05, 0.1) is 17.8 Å². The minimum Gasteiger partial charge on any atom is -0.537 e. The van der Waals surface area contributed by atoms with Crippen molar-refractivity contribution in [1.29, 1.82) is 0 Å². The molecule has 0 saturated heterocycles. The third kappa shape index (κ3) is 12.1. The lowest BCUT2D eigenvalue weighted by atomic mass is 9.71. The minimum absolute atomic E-state index is 0.0430. The normalized spacial score (nSPS) is 19.9. The fourth-order valence-electron chi connectivity index (χ4n) is 7.37. The molecule has 2 aliphatic carbocycles. The van der Waals surface area contributed by atoms with E-state index in [9.17, 15) is 19.2 Å². The summed E-state index contributed by atoms with van der Waals surface area (Å²) in [4.78, 5) is 45.4. The van der Waals surface area contributed by atoms with Gasteiger partial charge in [-0.15, -0.1) is 0 Å². The minimum atomic E-state index is -0.0468. The van der Waals surface area contributed by atoms with Crippen molar-refractivity contribution in [3.8, 4) is 17.0 Å². The highest BCUT2D eigenvalue weighted by molar-refractivity contribution is 6.29. The average Bonchev–Trinajstić information content (AvgIpc) is 3.16. The molecule has 6 rings (SSSR count). The van der Waals surface area contributed by atoms with Gasteiger partial charge in [-0.2, -0.15) is 10.2 Å². The predicted molar refractivity (Wildman–Crippen MR) is 214 cm³/mol. The third-order valence-electron chi connectivity index (χ3n) is 10.7. The molecule has 287 valence electrons. The van der Waals surface area contributed by atoms with Crippen molar-refractivity contribution in [3.05, 3.63) is 110 Å². The lowest BCUT2D eigenvalue weighted by Gasteiger charge is -2.37. The second-order valence-electron chi connectivity index (χ2n) is 16.3. The molecule has 0 spiro atoms. The number of halogens is 1. The highest BCUT2D eigenvalue weighted by Crippen LogP contribution is 2.42. The van der Waals surface area contributed by atoms with Crippen LogP contribution in [0.15, 0.2) is 82.4 Å². The maximum absolute atomic E-state index is 12.3. The van der Waals surface area contributed by atoms with E-state index in [4.69, 9.17) is 16.6 Å². The van der Waals surface area contributed by atoms with E-state index in [0.717, 1.165) is 74.8 Å². The number of hydrogen-bond donors (Lipinski definition) is 1. The number of aromatic nitrogens is 4. The van der Waals surface area contributed by atoms with Gasteiger partial charge < -0.3 is 9.68 Å². The largest absolute Gasteiger partial charge is 0.569 e. The lowest BCUT2D eigenvalue weighted by molar-refractivity contribution is 0.111. The van der Waals surface area contributed by atoms with E-state index in [1.165, 1.54) is 12.1 Å². The van der Waals surface area contributed by atoms with Crippen molar-refractivity contribution in [2.24, 2.45) is 22.7 Å². The summed E-state index contributed by atoms with van der Waals surface area (Å²) in [6, 6.07) is 20.6. The molecule has 2 saturated carbocycles. The molecule has 0 bridgehead atoms. The number of benzene rings is 2. The summed E-state index contributed by atoms with van der Waals surface area (Å²) in [5.41, 5.74) is 3.32. The first-order valence-corrected chi connectivity index (χ1v) is 19.1. The van der Waals surface area contributed by atoms with E-state index < -0.39 is 0 Å². The molecule has 2 aliphatic rings. The van der Waals surface area contributed by atoms with Gasteiger partial charge in [0.15, 0.2) is 0 Å². The number of rotatable bonds is 7. The van der Waals surface area contributed by atoms with Crippen LogP contribution in [0.5, 0.6) is 5.75 Å². The van der Waals surface area contributed by atoms with Gasteiger partial charge in [0, 0.05) is 28.8 Å². The monoisotopic (exact) mass is 755 g/mol. The third-order valence-corrected chi connectivity index (χ3v) is 10.9. The Balaban J connectivity index is 0.000000195. The topological polar surface area (TPSA) is 133 Å². The SMILES string of the molecule is CC(C)(C)C1CCC(n2nc(-c3cccc(C=O)c3)ccc2=O)CC1.CC(C)(C)C1CCC(n2nc(Cl)ccc2=O)CC1.O=Cc1cccc(O[B]O)c1. The Bertz CT molecular complexity index is 1950. The first kappa shape index (κ1) is 42.4. The molecule has 54 heavy (non-hydrogen) atoms. The van der Waals surface area contributed by atoms with Crippen LogP contribution in [0.1, 0.15) is 126 Å². The van der Waals surface area contributed by atoms with Crippen molar-refractivity contribution >= 4 is 31.9 Å². The number of hydrogen-bond acceptors (Lipinski definition) is 8. The molecule has 1 radical (unpaired) electrons. The molecule has 12 heteroatoms. The van der Waals surface area contributed by atoms with Gasteiger partial charge in [-0.1, -0.05) is 83.5 Å². The Hall–Kier alpha value is -4.35. The van der Waals surface area contributed by atoms with E-state index >= 15 is 0 Å². The molecule has 10 nitrogen and oxygen atoms in total. The molecule has 1 N–H and O–H groups in total. The van der Waals surface area contributed by atoms with Crippen LogP contribution in [0.4, 0.5) is 0 Å². The highest BCUT2D eigenvalue weighted by atomic mass is 35.5. The Morgan fingerprint density at radius 3 is 1.67 bits per heavy atom. The summed E-state index contributed by atoms with van der Waals surface area (Å²) < 4.78 is 7.85. The van der Waals surface area contributed by atoms with Gasteiger partial charge in [-0.25, -0.2) is 9.36 Å². The quantitative estimate of drug-likeness (QED) is 0.147. The summed E-state index contributed by atoms with van der Waals surface area (Å²) >= 11 is 5.87. The molecule has 2 fully saturated rings. The molecule has 0 aliphatic heterocycles. The van der Waals surface area contributed by atoms with Crippen LogP contribution in [-0.4, -0.2) is 44.8 Å². The van der Waals surface area contributed by atoms with Crippen molar-refractivity contribution in [2.75, 3.05) is 0 Å². The standard InChI is InChI=1S/C21H26N2O2.C14H21ClN2O.C7H6BO3/c1-21(2,3)17-7-9-18(10-8-17)23-20(25)12-11-19(22-23)16-6-4-5-15(13-16)14-24;1-14(2,3)10-4-6-11(7-5-10)17-13(18)9-8-12(15)16-17;9-5-6-2-1-3-7(4-6)11-8-10/h4-6,11-14,17-18H,7-10H2,1-3H3;8-11H,4-7H2,1-3H3;1-5,10H. The van der Waals surface area contributed by atoms with E-state index in [2.05, 4.69) is 56.4 Å². The van der Waals surface area contributed by atoms with Gasteiger partial charge in [0.2, 0.25) is 0 Å². The van der Waals surface area contributed by atoms with Gasteiger partial charge in [-0.3, -0.25) is 19.2 Å². The molecule has 0 amide bonds. The first-order chi connectivity index (χ1) is 25.6. The molecule has 2 aromatic carbocycles. The second-order valence-corrected chi connectivity index (χ2v) is 16.7. The molecule has 0 unspecified atom stereocenters. The van der Waals surface area contributed by atoms with Crippen molar-refractivity contribution < 1.29 is 19.3 Å². The van der Waals surface area contributed by atoms with Crippen LogP contribution >= 0.6 is 11.6 Å². The Morgan fingerprint density at radius 1 is 0.685 bits per heavy atom. The van der Waals surface area contributed by atoms with Crippen molar-refractivity contribution in [2.45, 2.75) is 105 Å². The molecule has 2 aromatic heterocycles. The van der Waals surface area contributed by atoms with E-state index in [-0.39, 0.29) is 23.2 Å². The Kier molecular flexibility index (Phi) is 15.2. The van der Waals surface area contributed by atoms with Crippen LogP contribution in [0.3, 0.4) is 0 Å². The second kappa shape index (κ2) is 19.3. The molecule has 4 aromatic rings. The highest BCUT2D eigenvalue weighted by Gasteiger charge is 2.32. The maximum atomic E-state index is 12.3. The summed E-state index contributed by atoms with van der Waals surface area (Å²) in [6.07, 6.45) is 10.2. The van der Waals surface area contributed by atoms with Gasteiger partial charge in [0.25, 0.3) is 11.1 Å². The number of aldehydes is 2. The van der Waals surface area contributed by atoms with Gasteiger partial charge in [-0.05, 0) is 104 Å². The molecule has 0 atom stereocenters. The van der Waals surface area contributed by atoms with Crippen molar-refractivity contribution in [1.82, 2.24) is 19.6 Å². The number of carbonyl (C=O) groups is 2. The molecule has 2 heterocycles. The van der Waals surface area contributed by atoms with Crippen LogP contribution in [0.25, 0.3) is 11.3 Å². The zero-order valence-electron chi connectivity index (χ0n) is 32.3. The van der Waals surface area contributed by atoms with E-state index in [0.29, 0.717) is 52.7 Å². The Morgan fingerprint density at radius 2 is 1.17 bits per heavy atom. The van der Waals surface area contributed by atoms with Crippen LogP contribution in [0.2, 0.25) is 5.15 Å². The summed E-state index contributed by atoms with van der Waals surface area (Å²) in [7, 11) is 0.573. The number of carbonyl (C=O) groups excluding carboxylic acids is 2. The van der Waals surface area contributed by atoms with E-state index in [1.807, 2.05) is 12.1 Å². The predicted octanol–water partition coefficient (Wildman–Crippen LogP) is 8.58.